The van der Waals surface area contributed by atoms with Crippen molar-refractivity contribution in [2.75, 3.05) is 7.11 Å². The number of fused-ring (bicyclic) bond motifs is 5. The molecule has 0 aromatic heterocycles. The molecule has 0 aromatic carbocycles. The zero-order chi connectivity index (χ0) is 23.3. The molecule has 4 aliphatic rings. The minimum absolute atomic E-state index is 0.0585. The van der Waals surface area contributed by atoms with Crippen molar-refractivity contribution in [2.45, 2.75) is 98.1 Å². The predicted octanol–water partition coefficient (Wildman–Crippen LogP) is 5.41. The highest BCUT2D eigenvalue weighted by atomic mass is 16.5. The van der Waals surface area contributed by atoms with Crippen molar-refractivity contribution < 1.29 is 14.3 Å². The van der Waals surface area contributed by atoms with Gasteiger partial charge in [-0.3, -0.25) is 9.59 Å². The molecule has 4 aliphatic carbocycles. The Bertz CT molecular complexity index is 719. The maximum atomic E-state index is 14.5. The first kappa shape index (κ1) is 24.2. The number of nitrogens with one attached hydrogen (secondary N) is 1. The normalized spacial score (nSPS) is 44.5. The number of carbonyl (C=O) groups is 2. The fraction of sp³-hybridized carbons (Fsp3) is 0.857. The second-order valence-corrected chi connectivity index (χ2v) is 12.2. The summed E-state index contributed by atoms with van der Waals surface area (Å²) in [6.45, 7) is 11.4. The molecule has 2 radical (unpaired) electrons. The fourth-order valence-electron chi connectivity index (χ4n) is 8.69. The molecule has 0 bridgehead atoms. The van der Waals surface area contributed by atoms with Crippen molar-refractivity contribution in [1.82, 2.24) is 5.32 Å². The van der Waals surface area contributed by atoms with E-state index >= 15 is 0 Å². The van der Waals surface area contributed by atoms with Gasteiger partial charge in [-0.2, -0.15) is 0 Å². The van der Waals surface area contributed by atoms with E-state index in [9.17, 15) is 9.59 Å². The fourth-order valence-corrected chi connectivity index (χ4v) is 8.69. The molecule has 0 heterocycles. The van der Waals surface area contributed by atoms with Gasteiger partial charge < -0.3 is 10.1 Å². The largest absolute Gasteiger partial charge is 0.469 e. The number of rotatable bonds is 6. The molecule has 4 saturated carbocycles. The summed E-state index contributed by atoms with van der Waals surface area (Å²) >= 11 is 0. The van der Waals surface area contributed by atoms with Gasteiger partial charge in [0.25, 0.3) is 0 Å². The highest BCUT2D eigenvalue weighted by molar-refractivity contribution is 5.92. The summed E-state index contributed by atoms with van der Waals surface area (Å²) in [5.41, 5.74) is -0.0595. The summed E-state index contributed by atoms with van der Waals surface area (Å²) in [4.78, 5) is 26.3. The van der Waals surface area contributed by atoms with Gasteiger partial charge in [0.2, 0.25) is 0 Å². The summed E-state index contributed by atoms with van der Waals surface area (Å²) in [6.07, 6.45) is 13.4. The first-order chi connectivity index (χ1) is 15.1. The van der Waals surface area contributed by atoms with E-state index in [2.05, 4.69) is 52.8 Å². The van der Waals surface area contributed by atoms with E-state index in [1.54, 1.807) is 0 Å². The van der Waals surface area contributed by atoms with Gasteiger partial charge in [-0.05, 0) is 98.7 Å². The van der Waals surface area contributed by atoms with Crippen molar-refractivity contribution in [3.8, 4) is 0 Å². The van der Waals surface area contributed by atoms with Crippen molar-refractivity contribution >= 4 is 11.8 Å². The van der Waals surface area contributed by atoms with Crippen LogP contribution in [0, 0.1) is 59.2 Å². The second kappa shape index (κ2) is 9.04. The molecule has 0 spiro atoms. The molecule has 0 aliphatic heterocycles. The average molecular weight is 444 g/mol. The molecule has 4 fully saturated rings. The molecule has 4 unspecified atom stereocenters. The van der Waals surface area contributed by atoms with Crippen molar-refractivity contribution in [2.24, 2.45) is 46.3 Å². The van der Waals surface area contributed by atoms with E-state index in [1.807, 2.05) is 0 Å². The minimum Gasteiger partial charge on any atom is -0.469 e. The minimum atomic E-state index is -0.302. The average Bonchev–Trinajstić information content (AvgIpc) is 3.12. The first-order valence-electron chi connectivity index (χ1n) is 13.2. The molecule has 1 N–H and O–H groups in total. The number of methoxy groups -OCH3 is 1. The Morgan fingerprint density at radius 3 is 2.66 bits per heavy atom. The molecular formula is C28H45NO3. The maximum Gasteiger partial charge on any atom is 0.305 e. The Morgan fingerprint density at radius 2 is 1.97 bits per heavy atom. The van der Waals surface area contributed by atoms with E-state index in [4.69, 9.17) is 4.74 Å². The number of carbonyl (C=O) groups excluding carboxylic acids is 2. The molecule has 0 aromatic rings. The van der Waals surface area contributed by atoms with Crippen LogP contribution in [0.1, 0.15) is 86.0 Å². The number of hydrogen-bond acceptors (Lipinski definition) is 4. The van der Waals surface area contributed by atoms with Crippen LogP contribution in [0.3, 0.4) is 0 Å². The van der Waals surface area contributed by atoms with E-state index in [0.29, 0.717) is 53.8 Å². The number of Topliss-reactive ketones (excluding diaryl/α,β-unsaturated/α-hetero) is 1. The van der Waals surface area contributed by atoms with Crippen molar-refractivity contribution in [3.05, 3.63) is 12.8 Å². The van der Waals surface area contributed by atoms with Gasteiger partial charge in [-0.1, -0.05) is 34.6 Å². The molecule has 9 atom stereocenters. The third-order valence-corrected chi connectivity index (χ3v) is 10.3. The van der Waals surface area contributed by atoms with Crippen LogP contribution in [-0.2, 0) is 14.3 Å². The van der Waals surface area contributed by atoms with Crippen molar-refractivity contribution in [1.29, 1.82) is 0 Å². The van der Waals surface area contributed by atoms with Gasteiger partial charge in [-0.15, -0.1) is 0 Å². The van der Waals surface area contributed by atoms with E-state index in [0.717, 1.165) is 19.3 Å². The molecule has 4 heteroatoms. The van der Waals surface area contributed by atoms with Crippen LogP contribution in [0.4, 0.5) is 0 Å². The molecular weight excluding hydrogens is 398 g/mol. The first-order valence-corrected chi connectivity index (χ1v) is 13.2. The molecule has 0 saturated heterocycles. The second-order valence-electron chi connectivity index (χ2n) is 12.2. The predicted molar refractivity (Wildman–Crippen MR) is 127 cm³/mol. The van der Waals surface area contributed by atoms with Gasteiger partial charge in [0.15, 0.2) is 5.78 Å². The zero-order valence-corrected chi connectivity index (χ0v) is 21.2. The quantitative estimate of drug-likeness (QED) is 0.558. The topological polar surface area (TPSA) is 55.4 Å². The third kappa shape index (κ3) is 3.77. The van der Waals surface area contributed by atoms with Crippen LogP contribution in [-0.4, -0.2) is 30.9 Å². The molecule has 0 amide bonds. The summed E-state index contributed by atoms with van der Waals surface area (Å²) in [5, 5.41) is 3.79. The number of ether oxygens (including phenoxy) is 1. The van der Waals surface area contributed by atoms with Gasteiger partial charge in [0.05, 0.1) is 13.2 Å². The Balaban J connectivity index is 1.67. The van der Waals surface area contributed by atoms with Crippen LogP contribution in [0.2, 0.25) is 0 Å². The number of hydrogen-bond donors (Lipinski definition) is 1. The van der Waals surface area contributed by atoms with Crippen LogP contribution < -0.4 is 5.32 Å². The number of esters is 1. The summed E-state index contributed by atoms with van der Waals surface area (Å²) in [6, 6.07) is 0.234. The number of ketones is 1. The summed E-state index contributed by atoms with van der Waals surface area (Å²) in [5.74, 6) is 3.08. The van der Waals surface area contributed by atoms with Gasteiger partial charge in [0.1, 0.15) is 0 Å². The molecule has 4 rings (SSSR count). The molecule has 4 nitrogen and oxygen atoms in total. The standard InChI is InChI=1S/C28H45NO3/c1-17(2)29-25-24-20(12-11-19-9-7-8-16-27(19,24)4)22-14-13-21(28(22,5)26(25)31)18(3)10-15-23(30)32-6/h7,12,17-22,24-25,29H,8-11,13-16H2,1-6H3/t18-,19+,20?,21?,22?,24?,25+,27+,28-/m1/s1. The smallest absolute Gasteiger partial charge is 0.305 e. The lowest BCUT2D eigenvalue weighted by molar-refractivity contribution is -0.158. The van der Waals surface area contributed by atoms with E-state index < -0.39 is 0 Å². The molecule has 32 heavy (non-hydrogen) atoms. The highest BCUT2D eigenvalue weighted by Crippen LogP contribution is 2.67. The molecule has 180 valence electrons. The Hall–Kier alpha value is -0.900. The SMILES string of the molecule is COC(=O)CC[C@@H](C)C1CCC2C3[CH]C[C@@H]4C[CH]CC[C@]4(C)C3[C@H](NC(C)C)C(=O)[C@@]21C. The summed E-state index contributed by atoms with van der Waals surface area (Å²) < 4.78 is 4.89. The summed E-state index contributed by atoms with van der Waals surface area (Å²) in [7, 11) is 1.46. The van der Waals surface area contributed by atoms with E-state index in [-0.39, 0.29) is 22.8 Å². The third-order valence-electron chi connectivity index (χ3n) is 10.3. The maximum absolute atomic E-state index is 14.5. The lowest BCUT2D eigenvalue weighted by Gasteiger charge is -2.62. The van der Waals surface area contributed by atoms with Crippen LogP contribution in [0.5, 0.6) is 0 Å². The Labute approximate surface area is 196 Å². The van der Waals surface area contributed by atoms with Gasteiger partial charge in [-0.25, -0.2) is 0 Å². The van der Waals surface area contributed by atoms with Crippen LogP contribution in [0.15, 0.2) is 0 Å². The monoisotopic (exact) mass is 443 g/mol. The van der Waals surface area contributed by atoms with E-state index in [1.165, 1.54) is 32.8 Å². The Morgan fingerprint density at radius 1 is 1.22 bits per heavy atom. The van der Waals surface area contributed by atoms with Crippen molar-refractivity contribution in [3.63, 3.8) is 0 Å². The Kier molecular flexibility index (Phi) is 6.85. The van der Waals surface area contributed by atoms with Gasteiger partial charge in [0, 0.05) is 17.9 Å². The lowest BCUT2D eigenvalue weighted by atomic mass is 9.43. The van der Waals surface area contributed by atoms with Crippen LogP contribution in [0.25, 0.3) is 0 Å². The lowest BCUT2D eigenvalue weighted by Crippen LogP contribution is -2.67. The zero-order valence-electron chi connectivity index (χ0n) is 21.2. The van der Waals surface area contributed by atoms with Crippen LogP contribution >= 0.6 is 0 Å². The van der Waals surface area contributed by atoms with Gasteiger partial charge >= 0.3 is 5.97 Å². The highest BCUT2D eigenvalue weighted by Gasteiger charge is 2.67.